The molecule has 4 heteroatoms. The number of hydrogen-bond acceptors (Lipinski definition) is 4. The van der Waals surface area contributed by atoms with Gasteiger partial charge in [-0.2, -0.15) is 0 Å². The molecule has 1 N–H and O–H groups in total. The molecule has 96 valence electrons. The maximum atomic E-state index is 4.45. The summed E-state index contributed by atoms with van der Waals surface area (Å²) in [4.78, 5) is 6.95. The number of likely N-dealkylation sites (N-methyl/N-ethyl adjacent to an activating group) is 1. The van der Waals surface area contributed by atoms with Gasteiger partial charge in [0, 0.05) is 36.8 Å². The smallest absolute Gasteiger partial charge is 0.107 e. The van der Waals surface area contributed by atoms with E-state index in [1.807, 2.05) is 6.92 Å². The number of nitrogens with one attached hydrogen (secondary N) is 1. The monoisotopic (exact) mass is 253 g/mol. The molecule has 0 spiro atoms. The van der Waals surface area contributed by atoms with Gasteiger partial charge in [-0.25, -0.2) is 4.98 Å². The van der Waals surface area contributed by atoms with E-state index in [0.29, 0.717) is 0 Å². The van der Waals surface area contributed by atoms with E-state index in [1.54, 1.807) is 11.3 Å². The van der Waals surface area contributed by atoms with Crippen LogP contribution in [0.25, 0.3) is 0 Å². The van der Waals surface area contributed by atoms with Gasteiger partial charge in [-0.1, -0.05) is 12.8 Å². The van der Waals surface area contributed by atoms with Crippen LogP contribution in [0.4, 0.5) is 0 Å². The SMILES string of the molecule is Cc1csc(CNCCN(C)C2CCCC2)n1. The Morgan fingerprint density at radius 3 is 2.88 bits per heavy atom. The molecule has 1 aromatic rings. The average molecular weight is 253 g/mol. The molecule has 1 aliphatic carbocycles. The molecule has 1 saturated carbocycles. The summed E-state index contributed by atoms with van der Waals surface area (Å²) in [7, 11) is 2.26. The minimum atomic E-state index is 0.832. The highest BCUT2D eigenvalue weighted by molar-refractivity contribution is 7.09. The third-order valence-corrected chi connectivity index (χ3v) is 4.50. The van der Waals surface area contributed by atoms with Crippen molar-refractivity contribution in [3.8, 4) is 0 Å². The van der Waals surface area contributed by atoms with Crippen LogP contribution in [0, 0.1) is 6.92 Å². The van der Waals surface area contributed by atoms with Crippen LogP contribution in [0.1, 0.15) is 36.4 Å². The van der Waals surface area contributed by atoms with Crippen molar-refractivity contribution >= 4 is 11.3 Å². The molecule has 0 aliphatic heterocycles. The van der Waals surface area contributed by atoms with Crippen LogP contribution < -0.4 is 5.32 Å². The minimum absolute atomic E-state index is 0.832. The van der Waals surface area contributed by atoms with Crippen LogP contribution in [0.2, 0.25) is 0 Å². The highest BCUT2D eigenvalue weighted by Crippen LogP contribution is 2.21. The molecule has 1 heterocycles. The van der Waals surface area contributed by atoms with Gasteiger partial charge in [0.05, 0.1) is 0 Å². The second kappa shape index (κ2) is 6.47. The first kappa shape index (κ1) is 13.0. The molecule has 17 heavy (non-hydrogen) atoms. The number of hydrogen-bond donors (Lipinski definition) is 1. The number of aromatic nitrogens is 1. The fourth-order valence-electron chi connectivity index (χ4n) is 2.46. The zero-order chi connectivity index (χ0) is 12.1. The van der Waals surface area contributed by atoms with Gasteiger partial charge in [0.2, 0.25) is 0 Å². The molecule has 0 radical (unpaired) electrons. The quantitative estimate of drug-likeness (QED) is 0.789. The summed E-state index contributed by atoms with van der Waals surface area (Å²) in [6.45, 7) is 5.17. The normalized spacial score (nSPS) is 17.1. The number of rotatable bonds is 6. The summed E-state index contributed by atoms with van der Waals surface area (Å²) in [5, 5.41) is 6.79. The Balaban J connectivity index is 1.59. The van der Waals surface area contributed by atoms with Crippen LogP contribution in [-0.4, -0.2) is 36.1 Å². The van der Waals surface area contributed by atoms with E-state index in [-0.39, 0.29) is 0 Å². The zero-order valence-electron chi connectivity index (χ0n) is 10.9. The van der Waals surface area contributed by atoms with Crippen molar-refractivity contribution in [1.29, 1.82) is 0 Å². The summed E-state index contributed by atoms with van der Waals surface area (Å²) < 4.78 is 0. The van der Waals surface area contributed by atoms with E-state index in [4.69, 9.17) is 0 Å². The molecule has 0 saturated heterocycles. The number of thiazole rings is 1. The Bertz CT molecular complexity index is 331. The van der Waals surface area contributed by atoms with Crippen LogP contribution in [0.5, 0.6) is 0 Å². The van der Waals surface area contributed by atoms with Gasteiger partial charge in [0.25, 0.3) is 0 Å². The highest BCUT2D eigenvalue weighted by atomic mass is 32.1. The summed E-state index contributed by atoms with van der Waals surface area (Å²) in [5.74, 6) is 0. The standard InChI is InChI=1S/C13H23N3S/c1-11-10-17-13(15-11)9-14-7-8-16(2)12-5-3-4-6-12/h10,12,14H,3-9H2,1-2H3. The molecule has 2 rings (SSSR count). The Hall–Kier alpha value is -0.450. The molecular weight excluding hydrogens is 230 g/mol. The predicted molar refractivity (Wildman–Crippen MR) is 73.4 cm³/mol. The van der Waals surface area contributed by atoms with Gasteiger partial charge in [-0.15, -0.1) is 11.3 Å². The largest absolute Gasteiger partial charge is 0.309 e. The van der Waals surface area contributed by atoms with Crippen LogP contribution >= 0.6 is 11.3 Å². The first-order chi connectivity index (χ1) is 8.25. The lowest BCUT2D eigenvalue weighted by Crippen LogP contribution is -2.35. The lowest BCUT2D eigenvalue weighted by Gasteiger charge is -2.23. The molecule has 0 bridgehead atoms. The van der Waals surface area contributed by atoms with Gasteiger partial charge in [-0.05, 0) is 26.8 Å². The van der Waals surface area contributed by atoms with Gasteiger partial charge < -0.3 is 10.2 Å². The van der Waals surface area contributed by atoms with Gasteiger partial charge >= 0.3 is 0 Å². The van der Waals surface area contributed by atoms with Crippen molar-refractivity contribution in [2.24, 2.45) is 0 Å². The van der Waals surface area contributed by atoms with Crippen LogP contribution in [0.3, 0.4) is 0 Å². The molecule has 0 amide bonds. The lowest BCUT2D eigenvalue weighted by atomic mass is 10.2. The Morgan fingerprint density at radius 1 is 1.47 bits per heavy atom. The van der Waals surface area contributed by atoms with Crippen LogP contribution in [-0.2, 0) is 6.54 Å². The van der Waals surface area contributed by atoms with E-state index in [2.05, 4.69) is 27.6 Å². The van der Waals surface area contributed by atoms with Crippen molar-refractivity contribution in [3.63, 3.8) is 0 Å². The second-order valence-corrected chi connectivity index (χ2v) is 5.92. The Morgan fingerprint density at radius 2 is 2.24 bits per heavy atom. The predicted octanol–water partition coefficient (Wildman–Crippen LogP) is 2.42. The Labute approximate surface area is 108 Å². The molecular formula is C13H23N3S. The highest BCUT2D eigenvalue weighted by Gasteiger charge is 2.18. The molecule has 1 aromatic heterocycles. The van der Waals surface area contributed by atoms with Crippen molar-refractivity contribution in [3.05, 3.63) is 16.1 Å². The third kappa shape index (κ3) is 4.05. The molecule has 1 aliphatic rings. The fourth-order valence-corrected chi connectivity index (χ4v) is 3.20. The third-order valence-electron chi connectivity index (χ3n) is 3.53. The maximum Gasteiger partial charge on any atom is 0.107 e. The van der Waals surface area contributed by atoms with E-state index >= 15 is 0 Å². The van der Waals surface area contributed by atoms with Crippen molar-refractivity contribution in [2.45, 2.75) is 45.2 Å². The van der Waals surface area contributed by atoms with Gasteiger partial charge in [-0.3, -0.25) is 0 Å². The zero-order valence-corrected chi connectivity index (χ0v) is 11.7. The molecule has 0 aromatic carbocycles. The number of nitrogens with zero attached hydrogens (tertiary/aromatic N) is 2. The average Bonchev–Trinajstić information content (AvgIpc) is 2.95. The minimum Gasteiger partial charge on any atom is -0.309 e. The fraction of sp³-hybridized carbons (Fsp3) is 0.769. The molecule has 1 fully saturated rings. The maximum absolute atomic E-state index is 4.45. The lowest BCUT2D eigenvalue weighted by molar-refractivity contribution is 0.245. The van der Waals surface area contributed by atoms with Crippen LogP contribution in [0.15, 0.2) is 5.38 Å². The molecule has 3 nitrogen and oxygen atoms in total. The van der Waals surface area contributed by atoms with Gasteiger partial charge in [0.1, 0.15) is 5.01 Å². The second-order valence-electron chi connectivity index (χ2n) is 4.98. The van der Waals surface area contributed by atoms with E-state index in [9.17, 15) is 0 Å². The van der Waals surface area contributed by atoms with Gasteiger partial charge in [0.15, 0.2) is 0 Å². The summed E-state index contributed by atoms with van der Waals surface area (Å²) in [6, 6.07) is 0.832. The molecule has 0 unspecified atom stereocenters. The number of aryl methyl sites for hydroxylation is 1. The van der Waals surface area contributed by atoms with Crippen molar-refractivity contribution < 1.29 is 0 Å². The summed E-state index contributed by atoms with van der Waals surface area (Å²) in [5.41, 5.74) is 1.13. The van der Waals surface area contributed by atoms with Crippen molar-refractivity contribution in [1.82, 2.24) is 15.2 Å². The first-order valence-electron chi connectivity index (χ1n) is 6.57. The summed E-state index contributed by atoms with van der Waals surface area (Å²) in [6.07, 6.45) is 5.62. The van der Waals surface area contributed by atoms with E-state index in [0.717, 1.165) is 31.4 Å². The first-order valence-corrected chi connectivity index (χ1v) is 7.45. The van der Waals surface area contributed by atoms with E-state index < -0.39 is 0 Å². The Kier molecular flexibility index (Phi) is 4.95. The van der Waals surface area contributed by atoms with Crippen molar-refractivity contribution in [2.75, 3.05) is 20.1 Å². The van der Waals surface area contributed by atoms with E-state index in [1.165, 1.54) is 30.7 Å². The molecule has 0 atom stereocenters. The topological polar surface area (TPSA) is 28.2 Å². The summed E-state index contributed by atoms with van der Waals surface area (Å²) >= 11 is 1.75.